The van der Waals surface area contributed by atoms with E-state index in [0.29, 0.717) is 11.3 Å². The Bertz CT molecular complexity index is 726. The number of rotatable bonds is 9. The Morgan fingerprint density at radius 3 is 2.54 bits per heavy atom. The van der Waals surface area contributed by atoms with Gasteiger partial charge in [-0.15, -0.1) is 0 Å². The highest BCUT2D eigenvalue weighted by atomic mass is 16.5. The van der Waals surface area contributed by atoms with Crippen LogP contribution in [0.1, 0.15) is 42.1 Å². The molecule has 5 nitrogen and oxygen atoms in total. The van der Waals surface area contributed by atoms with E-state index in [1.807, 2.05) is 24.3 Å². The van der Waals surface area contributed by atoms with Gasteiger partial charge in [-0.2, -0.15) is 0 Å². The zero-order valence-electron chi connectivity index (χ0n) is 15.4. The molecule has 2 rings (SSSR count). The van der Waals surface area contributed by atoms with Gasteiger partial charge in [-0.1, -0.05) is 31.5 Å². The van der Waals surface area contributed by atoms with Gasteiger partial charge in [-0.05, 0) is 48.7 Å². The van der Waals surface area contributed by atoms with E-state index in [0.717, 1.165) is 12.1 Å². The summed E-state index contributed by atoms with van der Waals surface area (Å²) in [5.74, 6) is 0.270. The maximum absolute atomic E-state index is 12.1. The van der Waals surface area contributed by atoms with E-state index in [2.05, 4.69) is 17.6 Å². The summed E-state index contributed by atoms with van der Waals surface area (Å²) >= 11 is 0. The lowest BCUT2D eigenvalue weighted by Gasteiger charge is -2.08. The number of aryl methyl sites for hydroxylation is 1. The summed E-state index contributed by atoms with van der Waals surface area (Å²) in [5.41, 5.74) is 2.55. The lowest BCUT2D eigenvalue weighted by Crippen LogP contribution is -2.27. The third-order valence-corrected chi connectivity index (χ3v) is 4.03. The second-order valence-electron chi connectivity index (χ2n) is 6.09. The summed E-state index contributed by atoms with van der Waals surface area (Å²) in [6.45, 7) is 2.44. The van der Waals surface area contributed by atoms with Crippen LogP contribution in [-0.2, 0) is 11.2 Å². The van der Waals surface area contributed by atoms with Crippen molar-refractivity contribution in [3.8, 4) is 5.75 Å². The highest BCUT2D eigenvalue weighted by molar-refractivity contribution is 5.95. The van der Waals surface area contributed by atoms with Crippen LogP contribution in [0.4, 0.5) is 5.69 Å². The molecule has 0 saturated heterocycles. The van der Waals surface area contributed by atoms with Crippen LogP contribution in [0.3, 0.4) is 0 Å². The quantitative estimate of drug-likeness (QED) is 0.720. The molecule has 2 aromatic rings. The fourth-order valence-corrected chi connectivity index (χ4v) is 2.52. The van der Waals surface area contributed by atoms with E-state index in [9.17, 15) is 9.59 Å². The van der Waals surface area contributed by atoms with Gasteiger partial charge in [-0.3, -0.25) is 9.59 Å². The number of benzene rings is 2. The molecule has 0 aromatic heterocycles. The van der Waals surface area contributed by atoms with Gasteiger partial charge in [0, 0.05) is 24.2 Å². The molecule has 138 valence electrons. The molecule has 0 fully saturated rings. The highest BCUT2D eigenvalue weighted by Crippen LogP contribution is 2.13. The number of ether oxygens (including phenoxy) is 1. The molecule has 0 aliphatic rings. The molecule has 26 heavy (non-hydrogen) atoms. The Labute approximate surface area is 154 Å². The Hall–Kier alpha value is -2.82. The van der Waals surface area contributed by atoms with Crippen LogP contribution >= 0.6 is 0 Å². The molecule has 2 amide bonds. The normalized spacial score (nSPS) is 10.2. The van der Waals surface area contributed by atoms with E-state index in [1.54, 1.807) is 31.4 Å². The number of amides is 2. The first-order valence-corrected chi connectivity index (χ1v) is 8.93. The molecule has 2 N–H and O–H groups in total. The zero-order chi connectivity index (χ0) is 18.8. The minimum absolute atomic E-state index is 0.128. The van der Waals surface area contributed by atoms with Crippen LogP contribution in [0.15, 0.2) is 48.5 Å². The summed E-state index contributed by atoms with van der Waals surface area (Å²) in [6.07, 6.45) is 3.60. The number of carbonyl (C=O) groups excluding carboxylic acids is 2. The predicted molar refractivity (Wildman–Crippen MR) is 104 cm³/mol. The molecule has 0 unspecified atom stereocenters. The SMILES string of the molecule is CCCCc1ccc(NC(=O)CCNC(=O)c2cccc(OC)c2)cc1. The molecule has 0 atom stereocenters. The maximum atomic E-state index is 12.1. The first-order chi connectivity index (χ1) is 12.6. The molecule has 0 aliphatic heterocycles. The van der Waals surface area contributed by atoms with Crippen molar-refractivity contribution < 1.29 is 14.3 Å². The summed E-state index contributed by atoms with van der Waals surface area (Å²) in [6, 6.07) is 14.8. The van der Waals surface area contributed by atoms with E-state index in [-0.39, 0.29) is 24.8 Å². The lowest BCUT2D eigenvalue weighted by molar-refractivity contribution is -0.116. The van der Waals surface area contributed by atoms with Crippen molar-refractivity contribution >= 4 is 17.5 Å². The van der Waals surface area contributed by atoms with E-state index in [4.69, 9.17) is 4.74 Å². The summed E-state index contributed by atoms with van der Waals surface area (Å²) < 4.78 is 5.10. The Morgan fingerprint density at radius 1 is 1.08 bits per heavy atom. The van der Waals surface area contributed by atoms with Crippen molar-refractivity contribution in [2.45, 2.75) is 32.6 Å². The molecule has 0 heterocycles. The first kappa shape index (κ1) is 19.5. The predicted octanol–water partition coefficient (Wildman–Crippen LogP) is 3.80. The van der Waals surface area contributed by atoms with Crippen LogP contribution < -0.4 is 15.4 Å². The van der Waals surface area contributed by atoms with Gasteiger partial charge < -0.3 is 15.4 Å². The summed E-state index contributed by atoms with van der Waals surface area (Å²) in [7, 11) is 1.55. The second kappa shape index (κ2) is 10.2. The van der Waals surface area contributed by atoms with Crippen molar-refractivity contribution in [2.24, 2.45) is 0 Å². The molecule has 0 radical (unpaired) electrons. The third-order valence-electron chi connectivity index (χ3n) is 4.03. The van der Waals surface area contributed by atoms with Crippen LogP contribution in [0.25, 0.3) is 0 Å². The van der Waals surface area contributed by atoms with Gasteiger partial charge in [-0.25, -0.2) is 0 Å². The maximum Gasteiger partial charge on any atom is 0.251 e. The second-order valence-corrected chi connectivity index (χ2v) is 6.09. The summed E-state index contributed by atoms with van der Waals surface area (Å²) in [5, 5.41) is 5.59. The van der Waals surface area contributed by atoms with Crippen LogP contribution in [0.2, 0.25) is 0 Å². The minimum atomic E-state index is -0.225. The minimum Gasteiger partial charge on any atom is -0.497 e. The fourth-order valence-electron chi connectivity index (χ4n) is 2.52. The van der Waals surface area contributed by atoms with Crippen LogP contribution in [-0.4, -0.2) is 25.5 Å². The van der Waals surface area contributed by atoms with Crippen LogP contribution in [0, 0.1) is 0 Å². The van der Waals surface area contributed by atoms with Gasteiger partial charge >= 0.3 is 0 Å². The van der Waals surface area contributed by atoms with Gasteiger partial charge in [0.25, 0.3) is 5.91 Å². The first-order valence-electron chi connectivity index (χ1n) is 8.93. The lowest BCUT2D eigenvalue weighted by atomic mass is 10.1. The molecular formula is C21H26N2O3. The van der Waals surface area contributed by atoms with Gasteiger partial charge in [0.05, 0.1) is 7.11 Å². The number of nitrogens with one attached hydrogen (secondary N) is 2. The molecule has 0 aliphatic carbocycles. The number of carbonyl (C=O) groups is 2. The topological polar surface area (TPSA) is 67.4 Å². The largest absolute Gasteiger partial charge is 0.497 e. The smallest absolute Gasteiger partial charge is 0.251 e. The molecule has 5 heteroatoms. The highest BCUT2D eigenvalue weighted by Gasteiger charge is 2.08. The van der Waals surface area contributed by atoms with Crippen molar-refractivity contribution in [3.63, 3.8) is 0 Å². The van der Waals surface area contributed by atoms with Gasteiger partial charge in [0.1, 0.15) is 5.75 Å². The molecule has 0 spiro atoms. The van der Waals surface area contributed by atoms with Crippen LogP contribution in [0.5, 0.6) is 5.75 Å². The number of hydrogen-bond donors (Lipinski definition) is 2. The van der Waals surface area contributed by atoms with E-state index < -0.39 is 0 Å². The van der Waals surface area contributed by atoms with E-state index in [1.165, 1.54) is 18.4 Å². The van der Waals surface area contributed by atoms with Crippen molar-refractivity contribution in [1.29, 1.82) is 0 Å². The van der Waals surface area contributed by atoms with Gasteiger partial charge in [0.15, 0.2) is 0 Å². The van der Waals surface area contributed by atoms with Crippen molar-refractivity contribution in [2.75, 3.05) is 19.0 Å². The van der Waals surface area contributed by atoms with E-state index >= 15 is 0 Å². The Morgan fingerprint density at radius 2 is 1.85 bits per heavy atom. The van der Waals surface area contributed by atoms with Gasteiger partial charge in [0.2, 0.25) is 5.91 Å². The number of unbranched alkanes of at least 4 members (excludes halogenated alkanes) is 1. The van der Waals surface area contributed by atoms with Crippen molar-refractivity contribution in [3.05, 3.63) is 59.7 Å². The molecular weight excluding hydrogens is 328 g/mol. The molecule has 0 bridgehead atoms. The Balaban J connectivity index is 1.75. The number of methoxy groups -OCH3 is 1. The average molecular weight is 354 g/mol. The fraction of sp³-hybridized carbons (Fsp3) is 0.333. The number of anilines is 1. The Kier molecular flexibility index (Phi) is 7.68. The standard InChI is InChI=1S/C21H26N2O3/c1-3-4-6-16-9-11-18(12-10-16)23-20(24)13-14-22-21(25)17-7-5-8-19(15-17)26-2/h5,7-12,15H,3-4,6,13-14H2,1-2H3,(H,22,25)(H,23,24). The molecule has 0 saturated carbocycles. The zero-order valence-corrected chi connectivity index (χ0v) is 15.4. The third kappa shape index (κ3) is 6.24. The molecule has 2 aromatic carbocycles. The summed E-state index contributed by atoms with van der Waals surface area (Å²) in [4.78, 5) is 24.1. The average Bonchev–Trinajstić information content (AvgIpc) is 2.67. The number of hydrogen-bond acceptors (Lipinski definition) is 3. The van der Waals surface area contributed by atoms with Crippen molar-refractivity contribution in [1.82, 2.24) is 5.32 Å². The monoisotopic (exact) mass is 354 g/mol.